The van der Waals surface area contributed by atoms with Crippen LogP contribution in [0.3, 0.4) is 0 Å². The van der Waals surface area contributed by atoms with E-state index in [-0.39, 0.29) is 6.10 Å². The Balaban J connectivity index is 2.79. The van der Waals surface area contributed by atoms with E-state index in [1.165, 1.54) is 5.57 Å². The Bertz CT molecular complexity index is 286. The first kappa shape index (κ1) is 13.2. The van der Waals surface area contributed by atoms with E-state index in [1.54, 1.807) is 0 Å². The lowest BCUT2D eigenvalue weighted by Gasteiger charge is -2.23. The van der Waals surface area contributed by atoms with Crippen LogP contribution in [0.1, 0.15) is 39.5 Å². The number of aliphatic hydroxyl groups excluding tert-OH is 1. The van der Waals surface area contributed by atoms with E-state index >= 15 is 0 Å². The molecule has 0 saturated heterocycles. The van der Waals surface area contributed by atoms with Gasteiger partial charge in [-0.05, 0) is 43.1 Å². The van der Waals surface area contributed by atoms with Gasteiger partial charge in [0.1, 0.15) is 0 Å². The summed E-state index contributed by atoms with van der Waals surface area (Å²) in [7, 11) is 0. The van der Waals surface area contributed by atoms with Gasteiger partial charge in [0.2, 0.25) is 0 Å². The van der Waals surface area contributed by atoms with Crippen molar-refractivity contribution in [2.24, 2.45) is 11.8 Å². The third-order valence-electron chi connectivity index (χ3n) is 3.40. The minimum atomic E-state index is -0.344. The van der Waals surface area contributed by atoms with Gasteiger partial charge in [-0.15, -0.1) is 0 Å². The minimum absolute atomic E-state index is 0.344. The molecule has 0 radical (unpaired) electrons. The summed E-state index contributed by atoms with van der Waals surface area (Å²) in [5.41, 5.74) is 2.17. The molecule has 0 spiro atoms. The zero-order chi connectivity index (χ0) is 12.1. The fourth-order valence-corrected chi connectivity index (χ4v) is 2.05. The van der Waals surface area contributed by atoms with Crippen molar-refractivity contribution in [2.45, 2.75) is 45.6 Å². The van der Waals surface area contributed by atoms with Crippen molar-refractivity contribution in [1.29, 1.82) is 0 Å². The topological polar surface area (TPSA) is 20.2 Å². The van der Waals surface area contributed by atoms with Gasteiger partial charge in [0.05, 0.1) is 6.10 Å². The molecule has 0 amide bonds. The number of aliphatic hydroxyl groups is 1. The van der Waals surface area contributed by atoms with Crippen LogP contribution >= 0.6 is 0 Å². The molecule has 90 valence electrons. The lowest BCUT2D eigenvalue weighted by molar-refractivity contribution is 0.170. The zero-order valence-electron chi connectivity index (χ0n) is 10.6. The summed E-state index contributed by atoms with van der Waals surface area (Å²) in [6.45, 7) is 12.4. The zero-order valence-corrected chi connectivity index (χ0v) is 10.6. The van der Waals surface area contributed by atoms with Gasteiger partial charge in [0.15, 0.2) is 0 Å². The Labute approximate surface area is 99.6 Å². The second kappa shape index (κ2) is 6.05. The fourth-order valence-electron chi connectivity index (χ4n) is 2.05. The Morgan fingerprint density at radius 3 is 2.62 bits per heavy atom. The average Bonchev–Trinajstić information content (AvgIpc) is 2.22. The highest BCUT2D eigenvalue weighted by molar-refractivity contribution is 5.17. The van der Waals surface area contributed by atoms with Gasteiger partial charge in [0.25, 0.3) is 0 Å². The van der Waals surface area contributed by atoms with Crippen molar-refractivity contribution in [3.8, 4) is 0 Å². The first-order valence-corrected chi connectivity index (χ1v) is 6.22. The predicted octanol–water partition coefficient (Wildman–Crippen LogP) is 3.86. The monoisotopic (exact) mass is 220 g/mol. The third kappa shape index (κ3) is 3.97. The summed E-state index contributed by atoms with van der Waals surface area (Å²) < 4.78 is 0. The van der Waals surface area contributed by atoms with E-state index in [4.69, 9.17) is 0 Å². The van der Waals surface area contributed by atoms with Crippen LogP contribution in [0.15, 0.2) is 36.5 Å². The molecule has 0 aliphatic heterocycles. The van der Waals surface area contributed by atoms with Crippen molar-refractivity contribution in [2.75, 3.05) is 0 Å². The van der Waals surface area contributed by atoms with E-state index in [1.807, 2.05) is 0 Å². The van der Waals surface area contributed by atoms with E-state index in [0.717, 1.165) is 31.3 Å². The van der Waals surface area contributed by atoms with Crippen LogP contribution in [0.5, 0.6) is 0 Å². The number of hydrogen-bond acceptors (Lipinski definition) is 1. The minimum Gasteiger partial charge on any atom is -0.389 e. The maximum absolute atomic E-state index is 10.0. The molecule has 1 rings (SSSR count). The normalized spacial score (nSPS) is 28.5. The smallest absolute Gasteiger partial charge is 0.0753 e. The molecular formula is C15H24O. The fraction of sp³-hybridized carbons (Fsp3) is 0.600. The molecule has 0 fully saturated rings. The summed E-state index contributed by atoms with van der Waals surface area (Å²) in [5, 5.41) is 10.0. The Kier molecular flexibility index (Phi) is 5.01. The molecule has 1 nitrogen and oxygen atoms in total. The number of allylic oxidation sites excluding steroid dienone is 3. The molecule has 1 aliphatic carbocycles. The summed E-state index contributed by atoms with van der Waals surface area (Å²) >= 11 is 0. The van der Waals surface area contributed by atoms with Gasteiger partial charge in [-0.1, -0.05) is 44.7 Å². The maximum atomic E-state index is 10.0. The molecule has 0 saturated carbocycles. The molecule has 1 aliphatic rings. The molecule has 0 aromatic rings. The van der Waals surface area contributed by atoms with E-state index in [0.29, 0.717) is 11.8 Å². The lowest BCUT2D eigenvalue weighted by atomic mass is 9.85. The van der Waals surface area contributed by atoms with Crippen LogP contribution < -0.4 is 0 Å². The summed E-state index contributed by atoms with van der Waals surface area (Å²) in [4.78, 5) is 0. The molecule has 1 N–H and O–H groups in total. The van der Waals surface area contributed by atoms with Crippen molar-refractivity contribution < 1.29 is 5.11 Å². The first-order valence-electron chi connectivity index (χ1n) is 6.22. The molecule has 0 bridgehead atoms. The van der Waals surface area contributed by atoms with Crippen molar-refractivity contribution >= 4 is 0 Å². The highest BCUT2D eigenvalue weighted by Gasteiger charge is 2.18. The van der Waals surface area contributed by atoms with Crippen molar-refractivity contribution in [3.05, 3.63) is 36.5 Å². The van der Waals surface area contributed by atoms with Crippen LogP contribution in [0, 0.1) is 11.8 Å². The largest absolute Gasteiger partial charge is 0.389 e. The van der Waals surface area contributed by atoms with Gasteiger partial charge >= 0.3 is 0 Å². The Morgan fingerprint density at radius 2 is 2.00 bits per heavy atom. The van der Waals surface area contributed by atoms with Gasteiger partial charge in [0, 0.05) is 0 Å². The maximum Gasteiger partial charge on any atom is 0.0753 e. The van der Waals surface area contributed by atoms with E-state index in [2.05, 4.69) is 39.2 Å². The number of hydrogen-bond donors (Lipinski definition) is 1. The van der Waals surface area contributed by atoms with Crippen LogP contribution in [-0.2, 0) is 0 Å². The molecule has 2 unspecified atom stereocenters. The SMILES string of the molecule is C=C1C=CC(C(C)C)CC(O)C(=C)CCC1. The van der Waals surface area contributed by atoms with Crippen LogP contribution in [0.25, 0.3) is 0 Å². The summed E-state index contributed by atoms with van der Waals surface area (Å²) in [5.74, 6) is 0.965. The second-order valence-corrected chi connectivity index (χ2v) is 5.19. The van der Waals surface area contributed by atoms with Crippen LogP contribution in [-0.4, -0.2) is 11.2 Å². The highest BCUT2D eigenvalue weighted by atomic mass is 16.3. The van der Waals surface area contributed by atoms with Crippen molar-refractivity contribution in [3.63, 3.8) is 0 Å². The molecule has 0 heterocycles. The standard InChI is InChI=1S/C15H24O/c1-11(2)14-9-8-12(3)6-5-7-13(4)15(16)10-14/h8-9,11,14-16H,3-7,10H2,1-2H3. The van der Waals surface area contributed by atoms with E-state index < -0.39 is 0 Å². The predicted molar refractivity (Wildman–Crippen MR) is 70.2 cm³/mol. The Morgan fingerprint density at radius 1 is 1.31 bits per heavy atom. The molecule has 16 heavy (non-hydrogen) atoms. The molecule has 0 aromatic heterocycles. The quantitative estimate of drug-likeness (QED) is 0.665. The van der Waals surface area contributed by atoms with Crippen molar-refractivity contribution in [1.82, 2.24) is 0 Å². The van der Waals surface area contributed by atoms with Gasteiger partial charge < -0.3 is 5.11 Å². The third-order valence-corrected chi connectivity index (χ3v) is 3.40. The van der Waals surface area contributed by atoms with Gasteiger partial charge in [-0.3, -0.25) is 0 Å². The lowest BCUT2D eigenvalue weighted by Crippen LogP contribution is -2.18. The molecule has 2 atom stereocenters. The average molecular weight is 220 g/mol. The molecule has 0 aromatic carbocycles. The van der Waals surface area contributed by atoms with Gasteiger partial charge in [-0.25, -0.2) is 0 Å². The van der Waals surface area contributed by atoms with Crippen LogP contribution in [0.4, 0.5) is 0 Å². The number of rotatable bonds is 1. The first-order chi connectivity index (χ1) is 7.50. The molecular weight excluding hydrogens is 196 g/mol. The summed E-state index contributed by atoms with van der Waals surface area (Å²) in [6, 6.07) is 0. The second-order valence-electron chi connectivity index (χ2n) is 5.19. The van der Waals surface area contributed by atoms with E-state index in [9.17, 15) is 5.11 Å². The van der Waals surface area contributed by atoms with Crippen LogP contribution in [0.2, 0.25) is 0 Å². The van der Waals surface area contributed by atoms with Gasteiger partial charge in [-0.2, -0.15) is 0 Å². The summed E-state index contributed by atoms with van der Waals surface area (Å²) in [6.07, 6.45) is 7.75. The Hall–Kier alpha value is -0.820. The molecule has 1 heteroatoms. The highest BCUT2D eigenvalue weighted by Crippen LogP contribution is 2.26.